The Bertz CT molecular complexity index is 949. The maximum atomic E-state index is 12.4. The number of piperazine rings is 1. The number of aryl methyl sites for hydroxylation is 1. The number of hydrogen-bond acceptors (Lipinski definition) is 6. The smallest absolute Gasteiger partial charge is 0.321 e. The van der Waals surface area contributed by atoms with Crippen LogP contribution in [0.2, 0.25) is 5.02 Å². The third kappa shape index (κ3) is 4.07. The molecule has 0 saturated carbocycles. The van der Waals surface area contributed by atoms with E-state index in [4.69, 9.17) is 16.1 Å². The van der Waals surface area contributed by atoms with Gasteiger partial charge in [0.1, 0.15) is 5.82 Å². The fraction of sp³-hybridized carbons (Fsp3) is 0.263. The van der Waals surface area contributed by atoms with Gasteiger partial charge >= 0.3 is 6.03 Å². The number of carbonyl (C=O) groups is 1. The number of halogens is 1. The Morgan fingerprint density at radius 1 is 1.11 bits per heavy atom. The largest absolute Gasteiger partial charge is 0.353 e. The quantitative estimate of drug-likeness (QED) is 0.727. The van der Waals surface area contributed by atoms with Crippen LogP contribution in [0.3, 0.4) is 0 Å². The number of aromatic nitrogens is 3. The lowest BCUT2D eigenvalue weighted by Crippen LogP contribution is -2.50. The number of benzene rings is 1. The summed E-state index contributed by atoms with van der Waals surface area (Å²) in [6.07, 6.45) is 1.74. The van der Waals surface area contributed by atoms with Crippen molar-refractivity contribution in [2.75, 3.05) is 36.4 Å². The van der Waals surface area contributed by atoms with E-state index in [1.165, 1.54) is 0 Å². The van der Waals surface area contributed by atoms with Crippen molar-refractivity contribution >= 4 is 29.1 Å². The van der Waals surface area contributed by atoms with Crippen LogP contribution in [0.1, 0.15) is 5.89 Å². The van der Waals surface area contributed by atoms with Crippen LogP contribution in [0, 0.1) is 6.92 Å². The van der Waals surface area contributed by atoms with Crippen LogP contribution in [-0.2, 0) is 0 Å². The Morgan fingerprint density at radius 3 is 2.46 bits per heavy atom. The zero-order valence-corrected chi connectivity index (χ0v) is 16.1. The Balaban J connectivity index is 1.33. The second-order valence-electron chi connectivity index (χ2n) is 6.45. The van der Waals surface area contributed by atoms with Crippen molar-refractivity contribution in [3.8, 4) is 11.4 Å². The molecule has 144 valence electrons. The van der Waals surface area contributed by atoms with Crippen molar-refractivity contribution in [1.29, 1.82) is 0 Å². The summed E-state index contributed by atoms with van der Waals surface area (Å²) in [5.41, 5.74) is 1.53. The summed E-state index contributed by atoms with van der Waals surface area (Å²) >= 11 is 5.87. The molecule has 1 fully saturated rings. The van der Waals surface area contributed by atoms with Crippen LogP contribution in [0.25, 0.3) is 11.4 Å². The van der Waals surface area contributed by atoms with E-state index in [-0.39, 0.29) is 6.03 Å². The second kappa shape index (κ2) is 7.85. The van der Waals surface area contributed by atoms with Gasteiger partial charge in [-0.15, -0.1) is 0 Å². The van der Waals surface area contributed by atoms with Gasteiger partial charge in [0.25, 0.3) is 0 Å². The number of hydrogen-bond donors (Lipinski definition) is 1. The number of nitrogens with one attached hydrogen (secondary N) is 1. The van der Waals surface area contributed by atoms with Crippen LogP contribution >= 0.6 is 11.6 Å². The summed E-state index contributed by atoms with van der Waals surface area (Å²) < 4.78 is 5.00. The summed E-state index contributed by atoms with van der Waals surface area (Å²) in [5.74, 6) is 1.91. The van der Waals surface area contributed by atoms with Gasteiger partial charge in [-0.1, -0.05) is 16.8 Å². The lowest BCUT2D eigenvalue weighted by Gasteiger charge is -2.35. The average Bonchev–Trinajstić information content (AvgIpc) is 3.16. The molecule has 0 radical (unpaired) electrons. The van der Waals surface area contributed by atoms with Crippen molar-refractivity contribution in [1.82, 2.24) is 20.0 Å². The van der Waals surface area contributed by atoms with Gasteiger partial charge in [0.15, 0.2) is 0 Å². The molecular weight excluding hydrogens is 380 g/mol. The zero-order chi connectivity index (χ0) is 19.5. The molecule has 8 nitrogen and oxygen atoms in total. The van der Waals surface area contributed by atoms with E-state index in [1.54, 1.807) is 42.3 Å². The van der Waals surface area contributed by atoms with E-state index in [0.29, 0.717) is 42.9 Å². The Morgan fingerprint density at radius 2 is 1.86 bits per heavy atom. The van der Waals surface area contributed by atoms with Crippen LogP contribution in [0.4, 0.5) is 16.3 Å². The molecule has 1 aliphatic rings. The lowest BCUT2D eigenvalue weighted by molar-refractivity contribution is 0.208. The number of carbonyl (C=O) groups excluding carboxylic acids is 1. The standard InChI is InChI=1S/C19H19ClN6O2/c1-13-22-18(24-28-13)14-2-7-17(21-12-14)25-8-10-26(11-9-25)19(27)23-16-5-3-15(20)4-6-16/h2-7,12H,8-11H2,1H3,(H,23,27). The van der Waals surface area contributed by atoms with Gasteiger partial charge in [-0.25, -0.2) is 9.78 Å². The molecule has 4 rings (SSSR count). The highest BCUT2D eigenvalue weighted by atomic mass is 35.5. The van der Waals surface area contributed by atoms with E-state index in [1.807, 2.05) is 12.1 Å². The summed E-state index contributed by atoms with van der Waals surface area (Å²) in [6, 6.07) is 10.8. The molecule has 0 unspecified atom stereocenters. The van der Waals surface area contributed by atoms with Crippen LogP contribution in [0.5, 0.6) is 0 Å². The highest BCUT2D eigenvalue weighted by Crippen LogP contribution is 2.20. The minimum atomic E-state index is -0.113. The average molecular weight is 399 g/mol. The number of pyridine rings is 1. The van der Waals surface area contributed by atoms with E-state index < -0.39 is 0 Å². The molecule has 1 aliphatic heterocycles. The highest BCUT2D eigenvalue weighted by molar-refractivity contribution is 6.30. The molecule has 1 N–H and O–H groups in total. The van der Waals surface area contributed by atoms with Crippen molar-refractivity contribution < 1.29 is 9.32 Å². The third-order valence-electron chi connectivity index (χ3n) is 4.52. The minimum Gasteiger partial charge on any atom is -0.353 e. The molecule has 2 aromatic heterocycles. The summed E-state index contributed by atoms with van der Waals surface area (Å²) in [7, 11) is 0. The number of amides is 2. The molecule has 0 aliphatic carbocycles. The highest BCUT2D eigenvalue weighted by Gasteiger charge is 2.22. The normalized spacial score (nSPS) is 14.2. The first-order chi connectivity index (χ1) is 13.6. The predicted molar refractivity (Wildman–Crippen MR) is 107 cm³/mol. The van der Waals surface area contributed by atoms with Gasteiger partial charge in [-0.05, 0) is 36.4 Å². The van der Waals surface area contributed by atoms with Gasteiger partial charge < -0.3 is 19.6 Å². The molecule has 0 atom stereocenters. The Labute approximate surface area is 167 Å². The van der Waals surface area contributed by atoms with Gasteiger partial charge in [0.2, 0.25) is 11.7 Å². The Kier molecular flexibility index (Phi) is 5.12. The maximum absolute atomic E-state index is 12.4. The molecule has 3 heterocycles. The maximum Gasteiger partial charge on any atom is 0.321 e. The van der Waals surface area contributed by atoms with Gasteiger partial charge in [0.05, 0.1) is 0 Å². The van der Waals surface area contributed by atoms with Crippen molar-refractivity contribution in [2.45, 2.75) is 6.92 Å². The Hall–Kier alpha value is -3.13. The fourth-order valence-corrected chi connectivity index (χ4v) is 3.12. The third-order valence-corrected chi connectivity index (χ3v) is 4.77. The summed E-state index contributed by atoms with van der Waals surface area (Å²) in [5, 5.41) is 7.43. The van der Waals surface area contributed by atoms with Crippen LogP contribution in [-0.4, -0.2) is 52.2 Å². The molecular formula is C19H19ClN6O2. The topological polar surface area (TPSA) is 87.4 Å². The molecule has 0 bridgehead atoms. The van der Waals surface area contributed by atoms with Gasteiger partial charge in [-0.3, -0.25) is 0 Å². The lowest BCUT2D eigenvalue weighted by atomic mass is 10.2. The van der Waals surface area contributed by atoms with Gasteiger partial charge in [0, 0.05) is 55.6 Å². The summed E-state index contributed by atoms with van der Waals surface area (Å²) in [4.78, 5) is 25.1. The van der Waals surface area contributed by atoms with E-state index in [9.17, 15) is 4.79 Å². The molecule has 1 aromatic carbocycles. The number of nitrogens with zero attached hydrogens (tertiary/aromatic N) is 5. The first-order valence-electron chi connectivity index (χ1n) is 8.92. The van der Waals surface area contributed by atoms with E-state index >= 15 is 0 Å². The number of urea groups is 1. The number of anilines is 2. The number of rotatable bonds is 3. The van der Waals surface area contributed by atoms with Crippen molar-refractivity contribution in [3.05, 3.63) is 53.5 Å². The zero-order valence-electron chi connectivity index (χ0n) is 15.3. The first-order valence-corrected chi connectivity index (χ1v) is 9.29. The SMILES string of the molecule is Cc1nc(-c2ccc(N3CCN(C(=O)Nc4ccc(Cl)cc4)CC3)nc2)no1. The predicted octanol–water partition coefficient (Wildman–Crippen LogP) is 3.45. The monoisotopic (exact) mass is 398 g/mol. The van der Waals surface area contributed by atoms with Crippen molar-refractivity contribution in [2.24, 2.45) is 0 Å². The van der Waals surface area contributed by atoms with E-state index in [0.717, 1.165) is 17.1 Å². The van der Waals surface area contributed by atoms with Gasteiger partial charge in [-0.2, -0.15) is 4.98 Å². The molecule has 0 spiro atoms. The van der Waals surface area contributed by atoms with Crippen LogP contribution < -0.4 is 10.2 Å². The fourth-order valence-electron chi connectivity index (χ4n) is 3.00. The van der Waals surface area contributed by atoms with E-state index in [2.05, 4.69) is 25.3 Å². The molecule has 2 amide bonds. The summed E-state index contributed by atoms with van der Waals surface area (Å²) in [6.45, 7) is 4.41. The van der Waals surface area contributed by atoms with Crippen LogP contribution in [0.15, 0.2) is 47.1 Å². The first kappa shape index (κ1) is 18.2. The molecule has 1 saturated heterocycles. The molecule has 28 heavy (non-hydrogen) atoms. The molecule has 3 aromatic rings. The van der Waals surface area contributed by atoms with Crippen molar-refractivity contribution in [3.63, 3.8) is 0 Å². The molecule has 9 heteroatoms. The minimum absolute atomic E-state index is 0.113. The second-order valence-corrected chi connectivity index (χ2v) is 6.89.